The molecule has 1 aliphatic heterocycles. The molecule has 1 N–H and O–H groups in total. The predicted molar refractivity (Wildman–Crippen MR) is 146 cm³/mol. The Bertz CT molecular complexity index is 1520. The van der Waals surface area contributed by atoms with Crippen LogP contribution in [0.15, 0.2) is 112 Å². The summed E-state index contributed by atoms with van der Waals surface area (Å²) in [5, 5.41) is 3.49. The highest BCUT2D eigenvalue weighted by atomic mass is 35.5. The molecule has 0 bridgehead atoms. The first-order valence-electron chi connectivity index (χ1n) is 11.4. The number of benzene rings is 4. The lowest BCUT2D eigenvalue weighted by Crippen LogP contribution is -2.35. The Labute approximate surface area is 220 Å². The van der Waals surface area contributed by atoms with Crippen molar-refractivity contribution in [2.75, 3.05) is 9.62 Å². The molecule has 4 aromatic rings. The van der Waals surface area contributed by atoms with E-state index in [1.165, 1.54) is 16.4 Å². The second-order valence-corrected chi connectivity index (χ2v) is 11.9. The SMILES string of the molecule is C[C@H]1Cc2cc(C(=O)Nc3ccccc3Sc3ccccc3)ccc2N1S(=O)(=O)c1ccc(Cl)cc1. The lowest BCUT2D eigenvalue weighted by molar-refractivity contribution is 0.102. The molecule has 0 aromatic heterocycles. The number of nitrogens with one attached hydrogen (secondary N) is 1. The maximum absolute atomic E-state index is 13.4. The molecular formula is C28H23ClN2O3S2. The van der Waals surface area contributed by atoms with Gasteiger partial charge in [0.1, 0.15) is 0 Å². The van der Waals surface area contributed by atoms with E-state index in [-0.39, 0.29) is 16.8 Å². The molecule has 1 atom stereocenters. The number of para-hydroxylation sites is 1. The van der Waals surface area contributed by atoms with Crippen LogP contribution in [0.4, 0.5) is 11.4 Å². The van der Waals surface area contributed by atoms with Gasteiger partial charge in [-0.1, -0.05) is 53.7 Å². The number of carbonyl (C=O) groups is 1. The Morgan fingerprint density at radius 1 is 0.944 bits per heavy atom. The number of sulfonamides is 1. The number of nitrogens with zero attached hydrogens (tertiary/aromatic N) is 1. The zero-order valence-electron chi connectivity index (χ0n) is 19.4. The van der Waals surface area contributed by atoms with Crippen LogP contribution in [0.25, 0.3) is 0 Å². The van der Waals surface area contributed by atoms with E-state index in [2.05, 4.69) is 5.32 Å². The number of rotatable bonds is 6. The highest BCUT2D eigenvalue weighted by Gasteiger charge is 2.36. The molecule has 0 radical (unpaired) electrons. The van der Waals surface area contributed by atoms with Crippen LogP contribution in [0.3, 0.4) is 0 Å². The third-order valence-corrected chi connectivity index (χ3v) is 9.25. The second-order valence-electron chi connectivity index (χ2n) is 8.52. The first-order chi connectivity index (χ1) is 17.3. The highest BCUT2D eigenvalue weighted by Crippen LogP contribution is 2.38. The van der Waals surface area contributed by atoms with Gasteiger partial charge >= 0.3 is 0 Å². The van der Waals surface area contributed by atoms with Crippen molar-refractivity contribution < 1.29 is 13.2 Å². The number of carbonyl (C=O) groups excluding carboxylic acids is 1. The van der Waals surface area contributed by atoms with Gasteiger partial charge in [0.25, 0.3) is 15.9 Å². The number of halogens is 1. The van der Waals surface area contributed by atoms with Crippen LogP contribution in [0.2, 0.25) is 5.02 Å². The van der Waals surface area contributed by atoms with Crippen LogP contribution in [-0.4, -0.2) is 20.4 Å². The number of hydrogen-bond acceptors (Lipinski definition) is 4. The Balaban J connectivity index is 1.39. The quantitative estimate of drug-likeness (QED) is 0.293. The highest BCUT2D eigenvalue weighted by molar-refractivity contribution is 7.99. The summed E-state index contributed by atoms with van der Waals surface area (Å²) < 4.78 is 28.2. The van der Waals surface area contributed by atoms with Gasteiger partial charge in [-0.05, 0) is 85.6 Å². The summed E-state index contributed by atoms with van der Waals surface area (Å²) in [6.07, 6.45) is 0.518. The van der Waals surface area contributed by atoms with E-state index in [0.29, 0.717) is 22.7 Å². The zero-order valence-corrected chi connectivity index (χ0v) is 21.8. The molecule has 5 rings (SSSR count). The maximum Gasteiger partial charge on any atom is 0.264 e. The first-order valence-corrected chi connectivity index (χ1v) is 14.0. The average molecular weight is 535 g/mol. The number of fused-ring (bicyclic) bond motifs is 1. The molecule has 1 aliphatic rings. The minimum Gasteiger partial charge on any atom is -0.321 e. The van der Waals surface area contributed by atoms with E-state index < -0.39 is 10.0 Å². The van der Waals surface area contributed by atoms with Crippen LogP contribution in [0.5, 0.6) is 0 Å². The van der Waals surface area contributed by atoms with E-state index in [4.69, 9.17) is 11.6 Å². The van der Waals surface area contributed by atoms with Gasteiger partial charge in [-0.15, -0.1) is 0 Å². The largest absolute Gasteiger partial charge is 0.321 e. The van der Waals surface area contributed by atoms with Crippen molar-refractivity contribution in [1.82, 2.24) is 0 Å². The second kappa shape index (κ2) is 10.0. The van der Waals surface area contributed by atoms with Gasteiger partial charge in [-0.3, -0.25) is 9.10 Å². The molecule has 0 aliphatic carbocycles. The summed E-state index contributed by atoms with van der Waals surface area (Å²) >= 11 is 7.52. The van der Waals surface area contributed by atoms with Crippen molar-refractivity contribution in [2.45, 2.75) is 34.1 Å². The molecule has 1 amide bonds. The topological polar surface area (TPSA) is 66.5 Å². The summed E-state index contributed by atoms with van der Waals surface area (Å²) in [6, 6.07) is 28.7. The fourth-order valence-corrected chi connectivity index (χ4v) is 7.04. The van der Waals surface area contributed by atoms with Gasteiger partial charge in [0, 0.05) is 26.4 Å². The van der Waals surface area contributed by atoms with Crippen molar-refractivity contribution in [3.63, 3.8) is 0 Å². The van der Waals surface area contributed by atoms with Crippen LogP contribution in [0.1, 0.15) is 22.8 Å². The van der Waals surface area contributed by atoms with Gasteiger partial charge < -0.3 is 5.32 Å². The average Bonchev–Trinajstić information content (AvgIpc) is 3.21. The number of amides is 1. The summed E-state index contributed by atoms with van der Waals surface area (Å²) in [4.78, 5) is 15.4. The summed E-state index contributed by atoms with van der Waals surface area (Å²) in [5.41, 5.74) is 2.61. The van der Waals surface area contributed by atoms with E-state index in [1.807, 2.05) is 61.5 Å². The van der Waals surface area contributed by atoms with Crippen molar-refractivity contribution in [3.05, 3.63) is 113 Å². The monoisotopic (exact) mass is 534 g/mol. The fourth-order valence-electron chi connectivity index (χ4n) is 4.30. The Morgan fingerprint density at radius 3 is 2.39 bits per heavy atom. The third-order valence-electron chi connectivity index (χ3n) is 5.97. The van der Waals surface area contributed by atoms with Crippen LogP contribution in [0, 0.1) is 0 Å². The molecule has 0 unspecified atom stereocenters. The van der Waals surface area contributed by atoms with Crippen LogP contribution in [-0.2, 0) is 16.4 Å². The van der Waals surface area contributed by atoms with Gasteiger partial charge in [0.15, 0.2) is 0 Å². The van der Waals surface area contributed by atoms with Crippen molar-refractivity contribution in [3.8, 4) is 0 Å². The van der Waals surface area contributed by atoms with Gasteiger partial charge in [0.05, 0.1) is 16.3 Å². The molecule has 0 fully saturated rings. The molecule has 182 valence electrons. The lowest BCUT2D eigenvalue weighted by Gasteiger charge is -2.24. The van der Waals surface area contributed by atoms with E-state index in [0.717, 1.165) is 21.0 Å². The zero-order chi connectivity index (χ0) is 25.3. The molecule has 36 heavy (non-hydrogen) atoms. The molecular weight excluding hydrogens is 512 g/mol. The molecule has 5 nitrogen and oxygen atoms in total. The Kier molecular flexibility index (Phi) is 6.79. The van der Waals surface area contributed by atoms with Crippen molar-refractivity contribution in [2.24, 2.45) is 0 Å². The smallest absolute Gasteiger partial charge is 0.264 e. The predicted octanol–water partition coefficient (Wildman–Crippen LogP) is 6.88. The summed E-state index contributed by atoms with van der Waals surface area (Å²) in [5.74, 6) is -0.245. The minimum atomic E-state index is -3.76. The molecule has 0 spiro atoms. The summed E-state index contributed by atoms with van der Waals surface area (Å²) in [7, 11) is -3.76. The normalized spacial score (nSPS) is 14.9. The molecule has 4 aromatic carbocycles. The molecule has 0 saturated heterocycles. The van der Waals surface area contributed by atoms with Gasteiger partial charge in [-0.25, -0.2) is 8.42 Å². The number of anilines is 2. The number of hydrogen-bond donors (Lipinski definition) is 1. The van der Waals surface area contributed by atoms with Crippen LogP contribution >= 0.6 is 23.4 Å². The van der Waals surface area contributed by atoms with E-state index >= 15 is 0 Å². The minimum absolute atomic E-state index is 0.181. The maximum atomic E-state index is 13.4. The van der Waals surface area contributed by atoms with Gasteiger partial charge in [-0.2, -0.15) is 0 Å². The fraction of sp³-hybridized carbons (Fsp3) is 0.107. The van der Waals surface area contributed by atoms with E-state index in [1.54, 1.807) is 42.1 Å². The van der Waals surface area contributed by atoms with Gasteiger partial charge in [0.2, 0.25) is 0 Å². The molecule has 1 heterocycles. The van der Waals surface area contributed by atoms with E-state index in [9.17, 15) is 13.2 Å². The third kappa shape index (κ3) is 4.87. The van der Waals surface area contributed by atoms with Crippen LogP contribution < -0.4 is 9.62 Å². The molecule has 8 heteroatoms. The standard InChI is InChI=1S/C28H23ClN2O3S2/c1-19-17-21-18-20(11-16-26(21)31(19)36(33,34)24-14-12-22(29)13-15-24)28(32)30-25-9-5-6-10-27(25)35-23-7-3-2-4-8-23/h2-16,18-19H,17H2,1H3,(H,30,32)/t19-/m0/s1. The molecule has 0 saturated carbocycles. The van der Waals surface area contributed by atoms with Crippen molar-refractivity contribution in [1.29, 1.82) is 0 Å². The Morgan fingerprint density at radius 2 is 1.64 bits per heavy atom. The summed E-state index contributed by atoms with van der Waals surface area (Å²) in [6.45, 7) is 1.87. The Hall–Kier alpha value is -3.26. The van der Waals surface area contributed by atoms with Crippen molar-refractivity contribution >= 4 is 50.7 Å². The lowest BCUT2D eigenvalue weighted by atomic mass is 10.1. The first kappa shape index (κ1) is 24.4.